The maximum absolute atomic E-state index is 13.5. The molecule has 3 aromatic carbocycles. The Labute approximate surface area is 179 Å². The minimum Gasteiger partial charge on any atom is -0.267 e. The molecule has 6 rings (SSSR count). The quantitative estimate of drug-likeness (QED) is 0.338. The minimum absolute atomic E-state index is 0.161. The number of benzene rings is 3. The molecule has 0 aliphatic carbocycles. The van der Waals surface area contributed by atoms with Crippen molar-refractivity contribution in [2.75, 3.05) is 0 Å². The van der Waals surface area contributed by atoms with Crippen molar-refractivity contribution in [2.24, 2.45) is 0 Å². The highest BCUT2D eigenvalue weighted by Gasteiger charge is 2.19. The number of fused-ring (bicyclic) bond motifs is 5. The summed E-state index contributed by atoms with van der Waals surface area (Å²) in [5.41, 5.74) is 3.20. The fourth-order valence-corrected chi connectivity index (χ4v) is 4.17. The normalized spacial score (nSPS) is 11.8. The van der Waals surface area contributed by atoms with Gasteiger partial charge in [-0.2, -0.15) is 4.52 Å². The van der Waals surface area contributed by atoms with Gasteiger partial charge in [0, 0.05) is 15.4 Å². The van der Waals surface area contributed by atoms with Gasteiger partial charge in [-0.15, -0.1) is 0 Å². The van der Waals surface area contributed by atoms with Gasteiger partial charge in [0.25, 0.3) is 5.56 Å². The lowest BCUT2D eigenvalue weighted by Crippen LogP contribution is -2.20. The molecule has 0 fully saturated rings. The van der Waals surface area contributed by atoms with Gasteiger partial charge in [0.2, 0.25) is 0 Å². The molecule has 0 atom stereocenters. The minimum atomic E-state index is -0.161. The largest absolute Gasteiger partial charge is 0.281 e. The zero-order valence-electron chi connectivity index (χ0n) is 15.4. The van der Waals surface area contributed by atoms with Crippen molar-refractivity contribution in [3.8, 4) is 5.69 Å². The van der Waals surface area contributed by atoms with E-state index in [1.165, 1.54) is 0 Å². The summed E-state index contributed by atoms with van der Waals surface area (Å²) in [4.78, 5) is 23.2. The second kappa shape index (κ2) is 6.29. The molecule has 0 aliphatic rings. The summed E-state index contributed by atoms with van der Waals surface area (Å²) in [5.74, 6) is 0. The predicted octanol–water partition coefficient (Wildman–Crippen LogP) is 5.65. The van der Waals surface area contributed by atoms with Crippen LogP contribution >= 0.6 is 23.2 Å². The summed E-state index contributed by atoms with van der Waals surface area (Å²) >= 11 is 12.3. The average molecular weight is 431 g/mol. The Kier molecular flexibility index (Phi) is 3.66. The standard InChI is InChI=1S/C23H12Cl2N4O/c24-14-5-8-16(9-6-14)28-21-18(12-13-11-15(25)7-10-19(13)26-21)22-27-20-4-2-1-3-17(20)23(30)29(22)28/h1-12H. The fraction of sp³-hybridized carbons (Fsp3) is 0. The van der Waals surface area contributed by atoms with E-state index >= 15 is 0 Å². The first kappa shape index (κ1) is 17.4. The highest BCUT2D eigenvalue weighted by atomic mass is 35.5. The van der Waals surface area contributed by atoms with Crippen molar-refractivity contribution in [1.82, 2.24) is 19.2 Å². The van der Waals surface area contributed by atoms with Gasteiger partial charge in [-0.1, -0.05) is 35.3 Å². The van der Waals surface area contributed by atoms with Gasteiger partial charge < -0.3 is 0 Å². The highest BCUT2D eigenvalue weighted by molar-refractivity contribution is 6.31. The van der Waals surface area contributed by atoms with E-state index in [0.717, 1.165) is 22.0 Å². The summed E-state index contributed by atoms with van der Waals surface area (Å²) in [6.45, 7) is 0. The molecule has 3 heterocycles. The second-order valence-electron chi connectivity index (χ2n) is 7.05. The van der Waals surface area contributed by atoms with Gasteiger partial charge in [0.05, 0.1) is 27.5 Å². The fourth-order valence-electron chi connectivity index (χ4n) is 3.86. The van der Waals surface area contributed by atoms with Crippen molar-refractivity contribution in [1.29, 1.82) is 0 Å². The first-order valence-electron chi connectivity index (χ1n) is 9.29. The van der Waals surface area contributed by atoms with Gasteiger partial charge in [-0.05, 0) is 60.7 Å². The molecule has 0 unspecified atom stereocenters. The monoisotopic (exact) mass is 430 g/mol. The van der Waals surface area contributed by atoms with E-state index in [-0.39, 0.29) is 5.56 Å². The lowest BCUT2D eigenvalue weighted by atomic mass is 10.2. The van der Waals surface area contributed by atoms with Crippen molar-refractivity contribution in [2.45, 2.75) is 0 Å². The van der Waals surface area contributed by atoms with Gasteiger partial charge in [-0.3, -0.25) is 4.79 Å². The first-order chi connectivity index (χ1) is 14.6. The molecule has 0 radical (unpaired) electrons. The molecule has 6 aromatic rings. The van der Waals surface area contributed by atoms with E-state index in [1.54, 1.807) is 33.5 Å². The van der Waals surface area contributed by atoms with Crippen LogP contribution in [-0.4, -0.2) is 19.2 Å². The molecular weight excluding hydrogens is 419 g/mol. The summed E-state index contributed by atoms with van der Waals surface area (Å²) in [6, 6.07) is 22.1. The van der Waals surface area contributed by atoms with Crippen LogP contribution < -0.4 is 5.56 Å². The van der Waals surface area contributed by atoms with Crippen LogP contribution in [0.1, 0.15) is 0 Å². The molecule has 3 aromatic heterocycles. The van der Waals surface area contributed by atoms with Crippen molar-refractivity contribution in [3.05, 3.63) is 93.2 Å². The van der Waals surface area contributed by atoms with Gasteiger partial charge >= 0.3 is 0 Å². The predicted molar refractivity (Wildman–Crippen MR) is 121 cm³/mol. The third-order valence-corrected chi connectivity index (χ3v) is 5.71. The summed E-state index contributed by atoms with van der Waals surface area (Å²) in [6.07, 6.45) is 0. The molecule has 0 amide bonds. The molecule has 7 heteroatoms. The number of pyridine rings is 1. The maximum atomic E-state index is 13.5. The van der Waals surface area contributed by atoms with Crippen LogP contribution in [0.15, 0.2) is 77.6 Å². The molecule has 0 N–H and O–H groups in total. The molecule has 0 aliphatic heterocycles. The second-order valence-corrected chi connectivity index (χ2v) is 7.93. The summed E-state index contributed by atoms with van der Waals surface area (Å²) in [7, 11) is 0. The number of para-hydroxylation sites is 1. The zero-order chi connectivity index (χ0) is 20.4. The average Bonchev–Trinajstić information content (AvgIpc) is 3.06. The number of nitrogens with zero attached hydrogens (tertiary/aromatic N) is 4. The molecule has 0 saturated carbocycles. The van der Waals surface area contributed by atoms with E-state index in [4.69, 9.17) is 33.2 Å². The summed E-state index contributed by atoms with van der Waals surface area (Å²) < 4.78 is 3.36. The van der Waals surface area contributed by atoms with Crippen LogP contribution in [0.3, 0.4) is 0 Å². The molecule has 0 saturated heterocycles. The van der Waals surface area contributed by atoms with Crippen LogP contribution in [0.2, 0.25) is 10.0 Å². The lowest BCUT2D eigenvalue weighted by molar-refractivity contribution is 0.788. The highest BCUT2D eigenvalue weighted by Crippen LogP contribution is 2.29. The van der Waals surface area contributed by atoms with Crippen molar-refractivity contribution in [3.63, 3.8) is 0 Å². The van der Waals surface area contributed by atoms with Crippen LogP contribution in [0.4, 0.5) is 0 Å². The van der Waals surface area contributed by atoms with Gasteiger partial charge in [-0.25, -0.2) is 14.6 Å². The van der Waals surface area contributed by atoms with Crippen molar-refractivity contribution < 1.29 is 0 Å². The van der Waals surface area contributed by atoms with Crippen molar-refractivity contribution >= 4 is 61.7 Å². The molecular formula is C23H12Cl2N4O. The van der Waals surface area contributed by atoms with Gasteiger partial charge in [0.1, 0.15) is 0 Å². The van der Waals surface area contributed by atoms with E-state index in [2.05, 4.69) is 0 Å². The van der Waals surface area contributed by atoms with E-state index in [1.807, 2.05) is 48.5 Å². The first-order valence-corrected chi connectivity index (χ1v) is 10.0. The number of hydrogen-bond acceptors (Lipinski definition) is 3. The number of hydrogen-bond donors (Lipinski definition) is 0. The van der Waals surface area contributed by atoms with E-state index < -0.39 is 0 Å². The molecule has 144 valence electrons. The SMILES string of the molecule is O=c1c2ccccc2nc2c3cc4cc(Cl)ccc4nc3n(-c3ccc(Cl)cc3)n12. The zero-order valence-corrected chi connectivity index (χ0v) is 16.9. The Balaban J connectivity index is 1.89. The maximum Gasteiger partial charge on any atom is 0.281 e. The van der Waals surface area contributed by atoms with Crippen LogP contribution in [0.5, 0.6) is 0 Å². The lowest BCUT2D eigenvalue weighted by Gasteiger charge is -2.08. The molecule has 30 heavy (non-hydrogen) atoms. The number of rotatable bonds is 1. The summed E-state index contributed by atoms with van der Waals surface area (Å²) in [5, 5.41) is 3.43. The Morgan fingerprint density at radius 2 is 1.43 bits per heavy atom. The Bertz CT molecular complexity index is 1680. The van der Waals surface area contributed by atoms with E-state index in [0.29, 0.717) is 32.2 Å². The topological polar surface area (TPSA) is 52.2 Å². The number of aromatic nitrogens is 4. The molecule has 5 nitrogen and oxygen atoms in total. The smallest absolute Gasteiger partial charge is 0.267 e. The molecule has 0 bridgehead atoms. The third-order valence-electron chi connectivity index (χ3n) is 5.22. The van der Waals surface area contributed by atoms with Gasteiger partial charge in [0.15, 0.2) is 11.3 Å². The Hall–Kier alpha value is -3.41. The number of halogens is 2. The van der Waals surface area contributed by atoms with Crippen LogP contribution in [0.25, 0.3) is 44.2 Å². The van der Waals surface area contributed by atoms with E-state index in [9.17, 15) is 4.79 Å². The third kappa shape index (κ3) is 2.46. The molecule has 0 spiro atoms. The Morgan fingerprint density at radius 1 is 0.700 bits per heavy atom. The Morgan fingerprint density at radius 3 is 2.27 bits per heavy atom. The van der Waals surface area contributed by atoms with Crippen LogP contribution in [0, 0.1) is 0 Å². The van der Waals surface area contributed by atoms with Crippen LogP contribution in [-0.2, 0) is 0 Å².